The van der Waals surface area contributed by atoms with Gasteiger partial charge < -0.3 is 14.8 Å². The van der Waals surface area contributed by atoms with Gasteiger partial charge in [0.15, 0.2) is 11.5 Å². The van der Waals surface area contributed by atoms with Crippen molar-refractivity contribution in [1.82, 2.24) is 0 Å². The molecule has 0 aromatic heterocycles. The third-order valence-electron chi connectivity index (χ3n) is 3.60. The molecule has 1 amide bonds. The summed E-state index contributed by atoms with van der Waals surface area (Å²) in [5.74, 6) is 0.391. The summed E-state index contributed by atoms with van der Waals surface area (Å²) in [6.45, 7) is 0.862. The second-order valence-electron chi connectivity index (χ2n) is 5.30. The van der Waals surface area contributed by atoms with E-state index in [4.69, 9.17) is 9.47 Å². The van der Waals surface area contributed by atoms with Gasteiger partial charge in [-0.3, -0.25) is 14.9 Å². The molecule has 2 aromatic rings. The van der Waals surface area contributed by atoms with Gasteiger partial charge >= 0.3 is 0 Å². The first-order valence-electron chi connectivity index (χ1n) is 7.64. The van der Waals surface area contributed by atoms with Crippen molar-refractivity contribution in [3.63, 3.8) is 0 Å². The molecule has 1 aliphatic heterocycles. The number of benzene rings is 2. The van der Waals surface area contributed by atoms with Gasteiger partial charge in [-0.2, -0.15) is 5.26 Å². The molecule has 0 unspecified atom stereocenters. The quantitative estimate of drug-likeness (QED) is 0.392. The highest BCUT2D eigenvalue weighted by molar-refractivity contribution is 6.10. The van der Waals surface area contributed by atoms with Crippen molar-refractivity contribution >= 4 is 23.4 Å². The first-order chi connectivity index (χ1) is 12.6. The highest BCUT2D eigenvalue weighted by atomic mass is 16.6. The minimum atomic E-state index is -0.678. The van der Waals surface area contributed by atoms with Crippen molar-refractivity contribution < 1.29 is 19.2 Å². The van der Waals surface area contributed by atoms with Gasteiger partial charge in [0.25, 0.3) is 11.6 Å². The molecule has 0 atom stereocenters. The predicted octanol–water partition coefficient (Wildman–Crippen LogP) is 2.91. The molecule has 2 aromatic carbocycles. The number of carbonyl (C=O) groups excluding carboxylic acids is 1. The van der Waals surface area contributed by atoms with Gasteiger partial charge in [-0.05, 0) is 24.3 Å². The Labute approximate surface area is 148 Å². The Balaban J connectivity index is 1.84. The second kappa shape index (κ2) is 7.36. The molecule has 130 valence electrons. The molecule has 3 rings (SSSR count). The summed E-state index contributed by atoms with van der Waals surface area (Å²) in [4.78, 5) is 22.8. The average molecular weight is 351 g/mol. The van der Waals surface area contributed by atoms with Crippen LogP contribution in [0.25, 0.3) is 6.08 Å². The fraction of sp³-hybridized carbons (Fsp3) is 0.111. The Bertz CT molecular complexity index is 946. The third kappa shape index (κ3) is 3.62. The van der Waals surface area contributed by atoms with Crippen molar-refractivity contribution in [2.75, 3.05) is 18.5 Å². The summed E-state index contributed by atoms with van der Waals surface area (Å²) >= 11 is 0. The van der Waals surface area contributed by atoms with E-state index in [1.165, 1.54) is 24.3 Å². The van der Waals surface area contributed by atoms with Crippen LogP contribution in [0.15, 0.2) is 48.0 Å². The van der Waals surface area contributed by atoms with Gasteiger partial charge in [0.05, 0.1) is 10.5 Å². The van der Waals surface area contributed by atoms with Gasteiger partial charge in [-0.1, -0.05) is 12.1 Å². The SMILES string of the molecule is N#C/C(=C/c1ccccc1[N+](=O)[O-])C(=O)Nc1ccc2c(c1)OCCO2. The molecular formula is C18H13N3O5. The van der Waals surface area contributed by atoms with E-state index in [-0.39, 0.29) is 16.8 Å². The summed E-state index contributed by atoms with van der Waals surface area (Å²) < 4.78 is 10.8. The molecule has 0 radical (unpaired) electrons. The van der Waals surface area contributed by atoms with Crippen molar-refractivity contribution in [3.8, 4) is 17.6 Å². The number of fused-ring (bicyclic) bond motifs is 1. The van der Waals surface area contributed by atoms with Crippen LogP contribution in [0.4, 0.5) is 11.4 Å². The first kappa shape index (κ1) is 17.0. The molecule has 0 bridgehead atoms. The van der Waals surface area contributed by atoms with Gasteiger partial charge in [0.2, 0.25) is 0 Å². The Morgan fingerprint density at radius 2 is 1.92 bits per heavy atom. The Morgan fingerprint density at radius 1 is 1.19 bits per heavy atom. The standard InChI is InChI=1S/C18H13N3O5/c19-11-13(9-12-3-1-2-4-15(12)21(23)24)18(22)20-14-5-6-16-17(10-14)26-8-7-25-16/h1-6,9-10H,7-8H2,(H,20,22)/b13-9-. The normalized spacial score (nSPS) is 12.8. The van der Waals surface area contributed by atoms with Crippen LogP contribution in [0.1, 0.15) is 5.56 Å². The lowest BCUT2D eigenvalue weighted by atomic mass is 10.1. The number of ether oxygens (including phenoxy) is 2. The fourth-order valence-electron chi connectivity index (χ4n) is 2.40. The van der Waals surface area contributed by atoms with E-state index >= 15 is 0 Å². The molecule has 26 heavy (non-hydrogen) atoms. The van der Waals surface area contributed by atoms with Crippen molar-refractivity contribution in [2.45, 2.75) is 0 Å². The molecular weight excluding hydrogens is 338 g/mol. The smallest absolute Gasteiger partial charge is 0.276 e. The van der Waals surface area contributed by atoms with Crippen LogP contribution in [0, 0.1) is 21.4 Å². The lowest BCUT2D eigenvalue weighted by Crippen LogP contribution is -2.17. The van der Waals surface area contributed by atoms with E-state index in [9.17, 15) is 20.2 Å². The predicted molar refractivity (Wildman–Crippen MR) is 92.7 cm³/mol. The number of anilines is 1. The van der Waals surface area contributed by atoms with Crippen LogP contribution in [0.5, 0.6) is 11.5 Å². The number of hydrogen-bond donors (Lipinski definition) is 1. The summed E-state index contributed by atoms with van der Waals surface area (Å²) in [6, 6.07) is 12.5. The average Bonchev–Trinajstić information content (AvgIpc) is 2.66. The molecule has 1 aliphatic rings. The molecule has 0 aliphatic carbocycles. The highest BCUT2D eigenvalue weighted by Crippen LogP contribution is 2.32. The van der Waals surface area contributed by atoms with Gasteiger partial charge in [0, 0.05) is 17.8 Å². The number of carbonyl (C=O) groups is 1. The van der Waals surface area contributed by atoms with Crippen LogP contribution in [0.2, 0.25) is 0 Å². The van der Waals surface area contributed by atoms with Crippen LogP contribution in [0.3, 0.4) is 0 Å². The van der Waals surface area contributed by atoms with Gasteiger partial charge in [-0.15, -0.1) is 0 Å². The molecule has 8 heteroatoms. The zero-order chi connectivity index (χ0) is 18.5. The topological polar surface area (TPSA) is 114 Å². The maximum atomic E-state index is 12.4. The number of nitro benzene ring substituents is 1. The van der Waals surface area contributed by atoms with Crippen molar-refractivity contribution in [3.05, 3.63) is 63.7 Å². The zero-order valence-electron chi connectivity index (χ0n) is 13.5. The highest BCUT2D eigenvalue weighted by Gasteiger charge is 2.17. The van der Waals surface area contributed by atoms with Crippen LogP contribution in [-0.2, 0) is 4.79 Å². The lowest BCUT2D eigenvalue weighted by Gasteiger charge is -2.18. The number of hydrogen-bond acceptors (Lipinski definition) is 6. The van der Waals surface area contributed by atoms with E-state index in [1.807, 2.05) is 0 Å². The van der Waals surface area contributed by atoms with E-state index in [0.717, 1.165) is 0 Å². The molecule has 0 spiro atoms. The number of para-hydroxylation sites is 1. The fourth-order valence-corrected chi connectivity index (χ4v) is 2.40. The molecule has 1 heterocycles. The molecule has 1 N–H and O–H groups in total. The Morgan fingerprint density at radius 3 is 2.65 bits per heavy atom. The minimum Gasteiger partial charge on any atom is -0.486 e. The number of nitrogens with one attached hydrogen (secondary N) is 1. The molecule has 0 fully saturated rings. The number of nitrogens with zero attached hydrogens (tertiary/aromatic N) is 2. The van der Waals surface area contributed by atoms with E-state index in [2.05, 4.69) is 5.32 Å². The summed E-state index contributed by atoms with van der Waals surface area (Å²) in [7, 11) is 0. The number of rotatable bonds is 4. The maximum Gasteiger partial charge on any atom is 0.276 e. The van der Waals surface area contributed by atoms with E-state index < -0.39 is 10.8 Å². The molecule has 0 saturated heterocycles. The van der Waals surface area contributed by atoms with Crippen molar-refractivity contribution in [2.24, 2.45) is 0 Å². The monoisotopic (exact) mass is 351 g/mol. The third-order valence-corrected chi connectivity index (χ3v) is 3.60. The number of nitro groups is 1. The van der Waals surface area contributed by atoms with Gasteiger partial charge in [-0.25, -0.2) is 0 Å². The summed E-state index contributed by atoms with van der Waals surface area (Å²) in [5.41, 5.74) is 0.149. The zero-order valence-corrected chi connectivity index (χ0v) is 13.5. The largest absolute Gasteiger partial charge is 0.486 e. The van der Waals surface area contributed by atoms with Gasteiger partial charge in [0.1, 0.15) is 24.9 Å². The Hall–Kier alpha value is -3.86. The van der Waals surface area contributed by atoms with Crippen LogP contribution in [-0.4, -0.2) is 24.0 Å². The van der Waals surface area contributed by atoms with E-state index in [1.54, 1.807) is 30.3 Å². The lowest BCUT2D eigenvalue weighted by molar-refractivity contribution is -0.385. The van der Waals surface area contributed by atoms with Crippen LogP contribution < -0.4 is 14.8 Å². The second-order valence-corrected chi connectivity index (χ2v) is 5.30. The van der Waals surface area contributed by atoms with Crippen LogP contribution >= 0.6 is 0 Å². The van der Waals surface area contributed by atoms with Crippen molar-refractivity contribution in [1.29, 1.82) is 5.26 Å². The van der Waals surface area contributed by atoms with E-state index in [0.29, 0.717) is 30.4 Å². The molecule has 0 saturated carbocycles. The Kier molecular flexibility index (Phi) is 4.80. The minimum absolute atomic E-state index is 0.173. The summed E-state index contributed by atoms with van der Waals surface area (Å²) in [5, 5.41) is 22.9. The molecule has 8 nitrogen and oxygen atoms in total. The summed E-state index contributed by atoms with van der Waals surface area (Å²) in [6.07, 6.45) is 1.19. The maximum absolute atomic E-state index is 12.4. The first-order valence-corrected chi connectivity index (χ1v) is 7.64. The number of amides is 1. The number of nitriles is 1.